The van der Waals surface area contributed by atoms with E-state index < -0.39 is 5.97 Å². The number of nitrogens with zero attached hydrogens (tertiary/aromatic N) is 1. The van der Waals surface area contributed by atoms with Crippen molar-refractivity contribution in [2.75, 3.05) is 20.1 Å². The first-order valence-electron chi connectivity index (χ1n) is 12.1. The van der Waals surface area contributed by atoms with E-state index in [0.29, 0.717) is 32.5 Å². The first kappa shape index (κ1) is 26.1. The van der Waals surface area contributed by atoms with Gasteiger partial charge in [-0.15, -0.1) is 0 Å². The fourth-order valence-electron chi connectivity index (χ4n) is 4.12. The molecule has 3 N–H and O–H groups in total. The van der Waals surface area contributed by atoms with Gasteiger partial charge in [-0.3, -0.25) is 9.59 Å². The number of aliphatic carboxylic acids is 1. The molecule has 0 saturated carbocycles. The molecule has 0 aliphatic heterocycles. The van der Waals surface area contributed by atoms with E-state index in [2.05, 4.69) is 10.6 Å². The molecule has 35 heavy (non-hydrogen) atoms. The summed E-state index contributed by atoms with van der Waals surface area (Å²) in [7, 11) is 1.83. The van der Waals surface area contributed by atoms with Crippen molar-refractivity contribution in [1.29, 1.82) is 0 Å². The van der Waals surface area contributed by atoms with Gasteiger partial charge in [0.1, 0.15) is 0 Å². The Labute approximate surface area is 208 Å². The van der Waals surface area contributed by atoms with E-state index in [1.807, 2.05) is 98.0 Å². The lowest BCUT2D eigenvalue weighted by Crippen LogP contribution is -2.39. The van der Waals surface area contributed by atoms with Crippen molar-refractivity contribution in [2.24, 2.45) is 0 Å². The van der Waals surface area contributed by atoms with Crippen molar-refractivity contribution < 1.29 is 14.7 Å². The van der Waals surface area contributed by atoms with E-state index in [1.165, 1.54) is 0 Å². The third-order valence-electron chi connectivity index (χ3n) is 5.96. The molecule has 0 spiro atoms. The van der Waals surface area contributed by atoms with Crippen LogP contribution >= 0.6 is 0 Å². The summed E-state index contributed by atoms with van der Waals surface area (Å²) >= 11 is 0. The predicted molar refractivity (Wildman–Crippen MR) is 139 cm³/mol. The summed E-state index contributed by atoms with van der Waals surface area (Å²) in [6.07, 6.45) is 1.05. The zero-order chi connectivity index (χ0) is 24.9. The highest BCUT2D eigenvalue weighted by molar-refractivity contribution is 5.76. The number of carbonyl (C=O) groups is 2. The normalized spacial score (nSPS) is 12.6. The van der Waals surface area contributed by atoms with Crippen molar-refractivity contribution >= 4 is 11.9 Å². The SMILES string of the molecule is CN(Cc1ccccc1)C(=O)C[C@H](NCCNC(CC(=O)O)Cc1ccccc1)c1ccccc1. The average Bonchev–Trinajstić information content (AvgIpc) is 2.87. The van der Waals surface area contributed by atoms with Crippen LogP contribution in [0.3, 0.4) is 0 Å². The van der Waals surface area contributed by atoms with Crippen LogP contribution in [0.15, 0.2) is 91.0 Å². The molecule has 3 aromatic carbocycles. The lowest BCUT2D eigenvalue weighted by molar-refractivity contribution is -0.137. The van der Waals surface area contributed by atoms with Crippen LogP contribution < -0.4 is 10.6 Å². The maximum atomic E-state index is 13.0. The Morgan fingerprint density at radius 1 is 0.771 bits per heavy atom. The Morgan fingerprint density at radius 3 is 1.91 bits per heavy atom. The van der Waals surface area contributed by atoms with E-state index >= 15 is 0 Å². The lowest BCUT2D eigenvalue weighted by atomic mass is 10.0. The molecule has 1 amide bonds. The maximum absolute atomic E-state index is 13.0. The zero-order valence-corrected chi connectivity index (χ0v) is 20.3. The van der Waals surface area contributed by atoms with Gasteiger partial charge in [0.2, 0.25) is 5.91 Å². The summed E-state index contributed by atoms with van der Waals surface area (Å²) < 4.78 is 0. The average molecular weight is 474 g/mol. The Kier molecular flexibility index (Phi) is 10.5. The number of rotatable bonds is 14. The number of carboxylic acids is 1. The Morgan fingerprint density at radius 2 is 1.31 bits per heavy atom. The minimum absolute atomic E-state index is 0.0553. The van der Waals surface area contributed by atoms with Crippen LogP contribution in [0.1, 0.15) is 35.6 Å². The van der Waals surface area contributed by atoms with Gasteiger partial charge in [-0.2, -0.15) is 0 Å². The number of amides is 1. The highest BCUT2D eigenvalue weighted by Crippen LogP contribution is 2.18. The van der Waals surface area contributed by atoms with Crippen molar-refractivity contribution in [3.63, 3.8) is 0 Å². The molecule has 0 aromatic heterocycles. The minimum Gasteiger partial charge on any atom is -0.481 e. The third kappa shape index (κ3) is 9.35. The summed E-state index contributed by atoms with van der Waals surface area (Å²) in [4.78, 5) is 26.1. The molecule has 6 heteroatoms. The van der Waals surface area contributed by atoms with Gasteiger partial charge in [-0.05, 0) is 23.1 Å². The van der Waals surface area contributed by atoms with Crippen LogP contribution in [0.5, 0.6) is 0 Å². The second-order valence-corrected chi connectivity index (χ2v) is 8.80. The van der Waals surface area contributed by atoms with Gasteiger partial charge in [0.25, 0.3) is 0 Å². The molecule has 184 valence electrons. The van der Waals surface area contributed by atoms with Crippen molar-refractivity contribution in [3.8, 4) is 0 Å². The van der Waals surface area contributed by atoms with E-state index in [-0.39, 0.29) is 24.4 Å². The fraction of sp³-hybridized carbons (Fsp3) is 0.310. The standard InChI is InChI=1S/C29H35N3O3/c1-32(22-24-13-7-3-8-14-24)28(33)21-27(25-15-9-4-10-16-25)31-18-17-30-26(20-29(34)35)19-23-11-5-2-6-12-23/h2-16,26-27,30-31H,17-22H2,1H3,(H,34,35)/t26?,27-/m0/s1. The summed E-state index contributed by atoms with van der Waals surface area (Å²) in [5.41, 5.74) is 3.26. The van der Waals surface area contributed by atoms with Gasteiger partial charge >= 0.3 is 5.97 Å². The maximum Gasteiger partial charge on any atom is 0.304 e. The summed E-state index contributed by atoms with van der Waals surface area (Å²) in [6.45, 7) is 1.78. The number of hydrogen-bond donors (Lipinski definition) is 3. The van der Waals surface area contributed by atoms with Crippen LogP contribution in [-0.2, 0) is 22.6 Å². The molecule has 0 bridgehead atoms. The smallest absolute Gasteiger partial charge is 0.304 e. The number of nitrogens with one attached hydrogen (secondary N) is 2. The van der Waals surface area contributed by atoms with Crippen molar-refractivity contribution in [3.05, 3.63) is 108 Å². The Hall–Kier alpha value is -3.48. The summed E-state index contributed by atoms with van der Waals surface area (Å²) in [6, 6.07) is 29.5. The second-order valence-electron chi connectivity index (χ2n) is 8.80. The number of hydrogen-bond acceptors (Lipinski definition) is 4. The molecule has 0 fully saturated rings. The monoisotopic (exact) mass is 473 g/mol. The molecule has 0 heterocycles. The number of carbonyl (C=O) groups excluding carboxylic acids is 1. The number of benzene rings is 3. The molecule has 0 aliphatic rings. The van der Waals surface area contributed by atoms with E-state index in [9.17, 15) is 14.7 Å². The van der Waals surface area contributed by atoms with E-state index in [4.69, 9.17) is 0 Å². The third-order valence-corrected chi connectivity index (χ3v) is 5.96. The first-order valence-corrected chi connectivity index (χ1v) is 12.1. The largest absolute Gasteiger partial charge is 0.481 e. The topological polar surface area (TPSA) is 81.7 Å². The Bertz CT molecular complexity index is 1030. The Balaban J connectivity index is 1.55. The lowest BCUT2D eigenvalue weighted by Gasteiger charge is -2.24. The molecular weight excluding hydrogens is 438 g/mol. The van der Waals surface area contributed by atoms with Gasteiger partial charge in [0.15, 0.2) is 0 Å². The zero-order valence-electron chi connectivity index (χ0n) is 20.3. The van der Waals surface area contributed by atoms with E-state index in [1.54, 1.807) is 4.90 Å². The van der Waals surface area contributed by atoms with Crippen molar-refractivity contribution in [1.82, 2.24) is 15.5 Å². The molecule has 1 unspecified atom stereocenters. The van der Waals surface area contributed by atoms with Gasteiger partial charge in [0.05, 0.1) is 6.42 Å². The molecule has 6 nitrogen and oxygen atoms in total. The number of carboxylic acid groups (broad SMARTS) is 1. The fourth-order valence-corrected chi connectivity index (χ4v) is 4.12. The molecule has 3 rings (SSSR count). The van der Waals surface area contributed by atoms with Crippen molar-refractivity contribution in [2.45, 2.75) is 37.9 Å². The molecule has 0 radical (unpaired) electrons. The quantitative estimate of drug-likeness (QED) is 0.308. The highest BCUT2D eigenvalue weighted by atomic mass is 16.4. The molecule has 0 saturated heterocycles. The van der Waals surface area contributed by atoms with Crippen LogP contribution in [0, 0.1) is 0 Å². The molecular formula is C29H35N3O3. The van der Waals surface area contributed by atoms with Gasteiger partial charge in [-0.25, -0.2) is 0 Å². The van der Waals surface area contributed by atoms with Crippen LogP contribution in [-0.4, -0.2) is 48.1 Å². The predicted octanol–water partition coefficient (Wildman–Crippen LogP) is 4.04. The first-order chi connectivity index (χ1) is 17.0. The van der Waals surface area contributed by atoms with Crippen LogP contribution in [0.4, 0.5) is 0 Å². The van der Waals surface area contributed by atoms with Crippen LogP contribution in [0.25, 0.3) is 0 Å². The minimum atomic E-state index is -0.819. The van der Waals surface area contributed by atoms with Crippen LogP contribution in [0.2, 0.25) is 0 Å². The van der Waals surface area contributed by atoms with Gasteiger partial charge in [0, 0.05) is 45.2 Å². The molecule has 2 atom stereocenters. The highest BCUT2D eigenvalue weighted by Gasteiger charge is 2.19. The summed E-state index contributed by atoms with van der Waals surface area (Å²) in [5.74, 6) is -0.753. The second kappa shape index (κ2) is 14.0. The van der Waals surface area contributed by atoms with Gasteiger partial charge < -0.3 is 20.6 Å². The summed E-state index contributed by atoms with van der Waals surface area (Å²) in [5, 5.41) is 16.2. The molecule has 3 aromatic rings. The van der Waals surface area contributed by atoms with Gasteiger partial charge in [-0.1, -0.05) is 91.0 Å². The molecule has 0 aliphatic carbocycles. The van der Waals surface area contributed by atoms with E-state index in [0.717, 1.165) is 16.7 Å².